The largest absolute Gasteiger partial charge is 0.481 e. The van der Waals surface area contributed by atoms with E-state index in [1.807, 2.05) is 6.92 Å². The Bertz CT molecular complexity index is 369. The van der Waals surface area contributed by atoms with Crippen LogP contribution in [0.15, 0.2) is 0 Å². The summed E-state index contributed by atoms with van der Waals surface area (Å²) in [6.07, 6.45) is 2.86. The number of rotatable bonds is 7. The van der Waals surface area contributed by atoms with Crippen LogP contribution >= 0.6 is 0 Å². The Hall–Kier alpha value is -1.59. The average Bonchev–Trinajstić information content (AvgIpc) is 2.87. The first-order valence-electron chi connectivity index (χ1n) is 7.06. The number of carboxylic acids is 1. The maximum Gasteiger partial charge on any atom is 0.307 e. The molecule has 0 aliphatic heterocycles. The van der Waals surface area contributed by atoms with Crippen LogP contribution < -0.4 is 5.32 Å². The minimum atomic E-state index is -0.893. The lowest BCUT2D eigenvalue weighted by atomic mass is 9.95. The molecule has 1 saturated carbocycles. The van der Waals surface area contributed by atoms with Gasteiger partial charge in [-0.25, -0.2) is 0 Å². The van der Waals surface area contributed by atoms with Gasteiger partial charge in [-0.15, -0.1) is 0 Å². The fraction of sp³-hybridized carbons (Fsp3) is 0.786. The highest BCUT2D eigenvalue weighted by Gasteiger charge is 2.41. The number of methoxy groups -OCH3 is 1. The number of amides is 1. The molecule has 6 nitrogen and oxygen atoms in total. The first kappa shape index (κ1) is 16.5. The number of hydrogen-bond donors (Lipinski definition) is 2. The van der Waals surface area contributed by atoms with Gasteiger partial charge in [-0.2, -0.15) is 0 Å². The number of nitrogens with one attached hydrogen (secondary N) is 1. The summed E-state index contributed by atoms with van der Waals surface area (Å²) in [5.41, 5.74) is 0. The molecule has 2 N–H and O–H groups in total. The topological polar surface area (TPSA) is 92.7 Å². The zero-order chi connectivity index (χ0) is 15.1. The maximum absolute atomic E-state index is 12.0. The minimum absolute atomic E-state index is 0.210. The van der Waals surface area contributed by atoms with E-state index in [1.54, 1.807) is 0 Å². The van der Waals surface area contributed by atoms with Crippen LogP contribution in [0.3, 0.4) is 0 Å². The molecule has 20 heavy (non-hydrogen) atoms. The zero-order valence-corrected chi connectivity index (χ0v) is 12.1. The van der Waals surface area contributed by atoms with Gasteiger partial charge in [0.1, 0.15) is 0 Å². The van der Waals surface area contributed by atoms with Gasteiger partial charge >= 0.3 is 11.9 Å². The van der Waals surface area contributed by atoms with Gasteiger partial charge in [0.15, 0.2) is 0 Å². The molecular weight excluding hydrogens is 262 g/mol. The Balaban J connectivity index is 2.41. The summed E-state index contributed by atoms with van der Waals surface area (Å²) < 4.78 is 4.50. The molecule has 114 valence electrons. The van der Waals surface area contributed by atoms with Crippen LogP contribution in [0, 0.1) is 17.8 Å². The second-order valence-corrected chi connectivity index (χ2v) is 5.27. The van der Waals surface area contributed by atoms with Crippen LogP contribution in [0.25, 0.3) is 0 Å². The number of carbonyl (C=O) groups is 3. The monoisotopic (exact) mass is 285 g/mol. The lowest BCUT2D eigenvalue weighted by Gasteiger charge is -2.15. The highest BCUT2D eigenvalue weighted by Crippen LogP contribution is 2.38. The second kappa shape index (κ2) is 7.87. The van der Waals surface area contributed by atoms with Gasteiger partial charge in [-0.1, -0.05) is 13.3 Å². The van der Waals surface area contributed by atoms with E-state index in [2.05, 4.69) is 10.1 Å². The summed E-state index contributed by atoms with van der Waals surface area (Å²) in [7, 11) is 1.32. The van der Waals surface area contributed by atoms with Crippen molar-refractivity contribution in [2.24, 2.45) is 17.8 Å². The highest BCUT2D eigenvalue weighted by atomic mass is 16.5. The van der Waals surface area contributed by atoms with Gasteiger partial charge in [0.25, 0.3) is 0 Å². The molecule has 1 amide bonds. The van der Waals surface area contributed by atoms with Crippen LogP contribution in [0.2, 0.25) is 0 Å². The Kier molecular flexibility index (Phi) is 6.48. The average molecular weight is 285 g/mol. The van der Waals surface area contributed by atoms with Crippen molar-refractivity contribution in [2.75, 3.05) is 13.7 Å². The Labute approximate surface area is 118 Å². The first-order valence-corrected chi connectivity index (χ1v) is 7.06. The fourth-order valence-corrected chi connectivity index (χ4v) is 2.72. The van der Waals surface area contributed by atoms with E-state index in [0.29, 0.717) is 31.7 Å². The normalized spacial score (nSPS) is 25.2. The number of aliphatic carboxylic acids is 1. The lowest BCUT2D eigenvalue weighted by Crippen LogP contribution is -2.35. The van der Waals surface area contributed by atoms with Gasteiger partial charge in [-0.05, 0) is 25.2 Å². The number of esters is 1. The summed E-state index contributed by atoms with van der Waals surface area (Å²) >= 11 is 0. The number of ether oxygens (including phenoxy) is 1. The number of hydrogen-bond acceptors (Lipinski definition) is 4. The zero-order valence-electron chi connectivity index (χ0n) is 12.1. The second-order valence-electron chi connectivity index (χ2n) is 5.27. The standard InChI is InChI=1S/C14H23NO5/c1-3-9-7-10(11(8-9)14(18)19)13(17)15-6-4-5-12(16)20-2/h9-11H,3-8H2,1-2H3,(H,15,17)(H,18,19)/t9?,10-,11+/m0/s1. The SMILES string of the molecule is CCC1C[C@H](C(=O)NCCCC(=O)OC)[C@H](C(=O)O)C1. The van der Waals surface area contributed by atoms with Crippen LogP contribution in [-0.4, -0.2) is 36.6 Å². The highest BCUT2D eigenvalue weighted by molar-refractivity contribution is 5.85. The van der Waals surface area contributed by atoms with Crippen molar-refractivity contribution in [1.82, 2.24) is 5.32 Å². The Morgan fingerprint density at radius 2 is 1.90 bits per heavy atom. The van der Waals surface area contributed by atoms with Crippen molar-refractivity contribution in [3.05, 3.63) is 0 Å². The predicted molar refractivity (Wildman–Crippen MR) is 71.9 cm³/mol. The minimum Gasteiger partial charge on any atom is -0.481 e. The van der Waals surface area contributed by atoms with E-state index in [-0.39, 0.29) is 18.3 Å². The van der Waals surface area contributed by atoms with Gasteiger partial charge in [0.2, 0.25) is 5.91 Å². The molecule has 0 heterocycles. The summed E-state index contributed by atoms with van der Waals surface area (Å²) in [6, 6.07) is 0. The van der Waals surface area contributed by atoms with Crippen LogP contribution in [0.5, 0.6) is 0 Å². The first-order chi connectivity index (χ1) is 9.49. The van der Waals surface area contributed by atoms with Crippen LogP contribution in [0.4, 0.5) is 0 Å². The summed E-state index contributed by atoms with van der Waals surface area (Å²) in [5, 5.41) is 11.9. The molecule has 6 heteroatoms. The van der Waals surface area contributed by atoms with Gasteiger partial charge in [-0.3, -0.25) is 14.4 Å². The molecule has 1 aliphatic rings. The molecule has 1 unspecified atom stereocenters. The van der Waals surface area contributed by atoms with Crippen molar-refractivity contribution in [1.29, 1.82) is 0 Å². The Morgan fingerprint density at radius 3 is 2.45 bits per heavy atom. The van der Waals surface area contributed by atoms with Gasteiger partial charge in [0.05, 0.1) is 18.9 Å². The third-order valence-corrected chi connectivity index (χ3v) is 3.98. The van der Waals surface area contributed by atoms with Crippen molar-refractivity contribution in [3.63, 3.8) is 0 Å². The van der Waals surface area contributed by atoms with Gasteiger partial charge in [0, 0.05) is 13.0 Å². The molecule has 0 saturated heterocycles. The van der Waals surface area contributed by atoms with E-state index < -0.39 is 17.8 Å². The third kappa shape index (κ3) is 4.51. The van der Waals surface area contributed by atoms with Crippen molar-refractivity contribution in [2.45, 2.75) is 39.0 Å². The lowest BCUT2D eigenvalue weighted by molar-refractivity contribution is -0.146. The van der Waals surface area contributed by atoms with Crippen LogP contribution in [0.1, 0.15) is 39.0 Å². The van der Waals surface area contributed by atoms with Crippen molar-refractivity contribution >= 4 is 17.8 Å². The molecule has 1 aliphatic carbocycles. The van der Waals surface area contributed by atoms with Gasteiger partial charge < -0.3 is 15.2 Å². The Morgan fingerprint density at radius 1 is 1.25 bits per heavy atom. The molecular formula is C14H23NO5. The quantitative estimate of drug-likeness (QED) is 0.541. The van der Waals surface area contributed by atoms with Crippen molar-refractivity contribution in [3.8, 4) is 0 Å². The molecule has 0 radical (unpaired) electrons. The molecule has 3 atom stereocenters. The molecule has 0 spiro atoms. The summed E-state index contributed by atoms with van der Waals surface area (Å²) in [6.45, 7) is 2.38. The van der Waals surface area contributed by atoms with E-state index in [0.717, 1.165) is 6.42 Å². The fourth-order valence-electron chi connectivity index (χ4n) is 2.72. The van der Waals surface area contributed by atoms with Crippen molar-refractivity contribution < 1.29 is 24.2 Å². The molecule has 1 fully saturated rings. The summed E-state index contributed by atoms with van der Waals surface area (Å²) in [5.74, 6) is -2.14. The number of carboxylic acid groups (broad SMARTS) is 1. The van der Waals surface area contributed by atoms with E-state index in [1.165, 1.54) is 7.11 Å². The molecule has 0 aromatic rings. The van der Waals surface area contributed by atoms with Crippen LogP contribution in [-0.2, 0) is 19.1 Å². The van der Waals surface area contributed by atoms with E-state index >= 15 is 0 Å². The molecule has 1 rings (SSSR count). The third-order valence-electron chi connectivity index (χ3n) is 3.98. The number of carbonyl (C=O) groups excluding carboxylic acids is 2. The maximum atomic E-state index is 12.0. The predicted octanol–water partition coefficient (Wildman–Crippen LogP) is 1.19. The van der Waals surface area contributed by atoms with E-state index in [9.17, 15) is 19.5 Å². The smallest absolute Gasteiger partial charge is 0.307 e. The molecule has 0 aromatic carbocycles. The summed E-state index contributed by atoms with van der Waals surface area (Å²) in [4.78, 5) is 34.2. The molecule has 0 aromatic heterocycles. The van der Waals surface area contributed by atoms with E-state index in [4.69, 9.17) is 0 Å². The molecule has 0 bridgehead atoms.